The highest BCUT2D eigenvalue weighted by Gasteiger charge is 2.23. The van der Waals surface area contributed by atoms with E-state index in [2.05, 4.69) is 15.6 Å². The van der Waals surface area contributed by atoms with E-state index < -0.39 is 6.04 Å². The van der Waals surface area contributed by atoms with Gasteiger partial charge in [-0.25, -0.2) is 0 Å². The van der Waals surface area contributed by atoms with Gasteiger partial charge in [0, 0.05) is 30.6 Å². The number of hydrogen-bond donors (Lipinski definition) is 2. The second kappa shape index (κ2) is 8.43. The molecule has 0 unspecified atom stereocenters. The van der Waals surface area contributed by atoms with E-state index in [9.17, 15) is 9.59 Å². The van der Waals surface area contributed by atoms with E-state index in [1.807, 2.05) is 30.3 Å². The zero-order chi connectivity index (χ0) is 20.1. The minimum Gasteiger partial charge on any atom is -0.454 e. The van der Waals surface area contributed by atoms with Gasteiger partial charge >= 0.3 is 0 Å². The summed E-state index contributed by atoms with van der Waals surface area (Å²) in [5.74, 6) is 0.514. The molecule has 29 heavy (non-hydrogen) atoms. The Balaban J connectivity index is 1.52. The Morgan fingerprint density at radius 1 is 1.00 bits per heavy atom. The molecule has 0 bridgehead atoms. The summed E-state index contributed by atoms with van der Waals surface area (Å²) in [5, 5.41) is 5.65. The van der Waals surface area contributed by atoms with Gasteiger partial charge in [0.05, 0.1) is 5.56 Å². The van der Waals surface area contributed by atoms with Crippen molar-refractivity contribution in [3.05, 3.63) is 84.2 Å². The first kappa shape index (κ1) is 18.5. The Kier molecular flexibility index (Phi) is 5.38. The number of carbonyl (C=O) groups is 2. The van der Waals surface area contributed by atoms with E-state index in [1.54, 1.807) is 36.5 Å². The molecule has 0 aliphatic carbocycles. The van der Waals surface area contributed by atoms with Gasteiger partial charge in [-0.05, 0) is 29.8 Å². The summed E-state index contributed by atoms with van der Waals surface area (Å²) < 4.78 is 10.6. The molecule has 1 aliphatic heterocycles. The van der Waals surface area contributed by atoms with Crippen molar-refractivity contribution in [1.29, 1.82) is 0 Å². The van der Waals surface area contributed by atoms with Crippen molar-refractivity contribution in [3.63, 3.8) is 0 Å². The summed E-state index contributed by atoms with van der Waals surface area (Å²) in [4.78, 5) is 29.5. The predicted molar refractivity (Wildman–Crippen MR) is 107 cm³/mol. The molecule has 0 fully saturated rings. The maximum absolute atomic E-state index is 13.0. The van der Waals surface area contributed by atoms with Crippen LogP contribution in [0.15, 0.2) is 73.1 Å². The number of anilines is 1. The molecule has 0 spiro atoms. The molecule has 7 nitrogen and oxygen atoms in total. The lowest BCUT2D eigenvalue weighted by Crippen LogP contribution is -2.45. The first-order valence-corrected chi connectivity index (χ1v) is 9.14. The van der Waals surface area contributed by atoms with Gasteiger partial charge in [-0.15, -0.1) is 0 Å². The second-order valence-electron chi connectivity index (χ2n) is 6.51. The van der Waals surface area contributed by atoms with Gasteiger partial charge < -0.3 is 20.1 Å². The number of ether oxygens (including phenoxy) is 2. The summed E-state index contributed by atoms with van der Waals surface area (Å²) in [5.41, 5.74) is 1.89. The summed E-state index contributed by atoms with van der Waals surface area (Å²) in [7, 11) is 0. The van der Waals surface area contributed by atoms with Crippen molar-refractivity contribution in [2.24, 2.45) is 0 Å². The van der Waals surface area contributed by atoms with Gasteiger partial charge in [0.15, 0.2) is 11.5 Å². The van der Waals surface area contributed by atoms with Crippen LogP contribution in [0, 0.1) is 0 Å². The van der Waals surface area contributed by atoms with Gasteiger partial charge in [0.2, 0.25) is 12.7 Å². The molecule has 0 saturated heterocycles. The molecular formula is C22H19N3O4. The van der Waals surface area contributed by atoms with E-state index in [0.717, 1.165) is 5.56 Å². The van der Waals surface area contributed by atoms with Gasteiger partial charge in [0.25, 0.3) is 5.91 Å². The van der Waals surface area contributed by atoms with Gasteiger partial charge in [0.1, 0.15) is 6.04 Å². The zero-order valence-electron chi connectivity index (χ0n) is 15.5. The molecule has 2 heterocycles. The van der Waals surface area contributed by atoms with Gasteiger partial charge in [-0.1, -0.05) is 30.3 Å². The minimum absolute atomic E-state index is 0.157. The molecule has 2 amide bonds. The van der Waals surface area contributed by atoms with Crippen LogP contribution in [0.3, 0.4) is 0 Å². The average Bonchev–Trinajstić information content (AvgIpc) is 3.22. The molecule has 1 atom stereocenters. The number of amides is 2. The lowest BCUT2D eigenvalue weighted by Gasteiger charge is -2.19. The SMILES string of the molecule is O=C(N[C@@H](Cc1ccccc1)C(=O)Nc1ccc2c(c1)OCO2)c1cccnc1. The van der Waals surface area contributed by atoms with Crippen LogP contribution in [-0.4, -0.2) is 29.6 Å². The van der Waals surface area contributed by atoms with Crippen molar-refractivity contribution < 1.29 is 19.1 Å². The van der Waals surface area contributed by atoms with Crippen LogP contribution >= 0.6 is 0 Å². The van der Waals surface area contributed by atoms with Crippen LogP contribution in [0.5, 0.6) is 11.5 Å². The van der Waals surface area contributed by atoms with Crippen molar-refractivity contribution in [2.75, 3.05) is 12.1 Å². The summed E-state index contributed by atoms with van der Waals surface area (Å²) >= 11 is 0. The molecule has 2 aromatic carbocycles. The predicted octanol–water partition coefficient (Wildman–Crippen LogP) is 2.79. The molecular weight excluding hydrogens is 370 g/mol. The van der Waals surface area contributed by atoms with E-state index in [0.29, 0.717) is 29.2 Å². The van der Waals surface area contributed by atoms with Crippen LogP contribution in [0.25, 0.3) is 0 Å². The van der Waals surface area contributed by atoms with Crippen molar-refractivity contribution in [2.45, 2.75) is 12.5 Å². The molecule has 0 radical (unpaired) electrons. The number of fused-ring (bicyclic) bond motifs is 1. The fourth-order valence-electron chi connectivity index (χ4n) is 3.00. The summed E-state index contributed by atoms with van der Waals surface area (Å²) in [6.07, 6.45) is 3.40. The fourth-order valence-corrected chi connectivity index (χ4v) is 3.00. The van der Waals surface area contributed by atoms with Crippen LogP contribution in [0.4, 0.5) is 5.69 Å². The topological polar surface area (TPSA) is 89.6 Å². The molecule has 3 aromatic rings. The number of hydrogen-bond acceptors (Lipinski definition) is 5. The van der Waals surface area contributed by atoms with Crippen LogP contribution in [-0.2, 0) is 11.2 Å². The summed E-state index contributed by atoms with van der Waals surface area (Å²) in [6, 6.07) is 17.2. The number of nitrogens with one attached hydrogen (secondary N) is 2. The Morgan fingerprint density at radius 2 is 1.83 bits per heavy atom. The lowest BCUT2D eigenvalue weighted by molar-refractivity contribution is -0.118. The molecule has 4 rings (SSSR count). The third-order valence-corrected chi connectivity index (χ3v) is 4.47. The highest BCUT2D eigenvalue weighted by Crippen LogP contribution is 2.34. The molecule has 0 saturated carbocycles. The first-order chi connectivity index (χ1) is 14.2. The third-order valence-electron chi connectivity index (χ3n) is 4.47. The summed E-state index contributed by atoms with van der Waals surface area (Å²) in [6.45, 7) is 0.157. The Labute approximate surface area is 167 Å². The second-order valence-corrected chi connectivity index (χ2v) is 6.51. The Morgan fingerprint density at radius 3 is 2.62 bits per heavy atom. The van der Waals surface area contributed by atoms with E-state index in [-0.39, 0.29) is 18.6 Å². The standard InChI is InChI=1S/C22H19N3O4/c26-21(16-7-4-10-23-13-16)25-18(11-15-5-2-1-3-6-15)22(27)24-17-8-9-19-20(12-17)29-14-28-19/h1-10,12-13,18H,11,14H2,(H,24,27)(H,25,26)/t18-/m0/s1. The smallest absolute Gasteiger partial charge is 0.253 e. The largest absolute Gasteiger partial charge is 0.454 e. The highest BCUT2D eigenvalue weighted by atomic mass is 16.7. The number of carbonyl (C=O) groups excluding carboxylic acids is 2. The first-order valence-electron chi connectivity index (χ1n) is 9.14. The maximum Gasteiger partial charge on any atom is 0.253 e. The average molecular weight is 389 g/mol. The third kappa shape index (κ3) is 4.52. The molecule has 2 N–H and O–H groups in total. The molecule has 7 heteroatoms. The number of nitrogens with zero attached hydrogens (tertiary/aromatic N) is 1. The van der Waals surface area contributed by atoms with Gasteiger partial charge in [-0.3, -0.25) is 14.6 Å². The Bertz CT molecular complexity index is 1010. The van der Waals surface area contributed by atoms with E-state index >= 15 is 0 Å². The van der Waals surface area contributed by atoms with Crippen LogP contribution in [0.2, 0.25) is 0 Å². The van der Waals surface area contributed by atoms with E-state index in [1.165, 1.54) is 6.20 Å². The fraction of sp³-hybridized carbons (Fsp3) is 0.136. The van der Waals surface area contributed by atoms with Crippen molar-refractivity contribution in [3.8, 4) is 11.5 Å². The van der Waals surface area contributed by atoms with Crippen LogP contribution < -0.4 is 20.1 Å². The zero-order valence-corrected chi connectivity index (χ0v) is 15.5. The minimum atomic E-state index is -0.768. The van der Waals surface area contributed by atoms with Crippen LogP contribution in [0.1, 0.15) is 15.9 Å². The number of benzene rings is 2. The number of aromatic nitrogens is 1. The normalized spacial score (nSPS) is 12.8. The van der Waals surface area contributed by atoms with Gasteiger partial charge in [-0.2, -0.15) is 0 Å². The number of pyridine rings is 1. The number of rotatable bonds is 6. The van der Waals surface area contributed by atoms with Crippen molar-refractivity contribution >= 4 is 17.5 Å². The molecule has 146 valence electrons. The van der Waals surface area contributed by atoms with E-state index in [4.69, 9.17) is 9.47 Å². The maximum atomic E-state index is 13.0. The molecule has 1 aromatic heterocycles. The highest BCUT2D eigenvalue weighted by molar-refractivity contribution is 6.01. The monoisotopic (exact) mass is 389 g/mol. The lowest BCUT2D eigenvalue weighted by atomic mass is 10.0. The molecule has 1 aliphatic rings. The quantitative estimate of drug-likeness (QED) is 0.677. The van der Waals surface area contributed by atoms with Crippen molar-refractivity contribution in [1.82, 2.24) is 10.3 Å². The Hall–Kier alpha value is -3.87.